The van der Waals surface area contributed by atoms with Gasteiger partial charge in [-0.3, -0.25) is 9.59 Å². The van der Waals surface area contributed by atoms with Crippen LogP contribution in [-0.4, -0.2) is 40.9 Å². The van der Waals surface area contributed by atoms with E-state index < -0.39 is 0 Å². The molecule has 1 heterocycles. The maximum atomic E-state index is 12.3. The molecule has 2 fully saturated rings. The zero-order chi connectivity index (χ0) is 17.6. The Hall–Kier alpha value is -2.18. The number of ether oxygens (including phenoxy) is 2. The molecule has 0 aromatic carbocycles. The Kier molecular flexibility index (Phi) is 5.83. The SMILES string of the molecule is COc1nccnc1OC1CCC(NC(=O)C2CCC(=O)CC2)CC1. The molecule has 2 aliphatic rings. The van der Waals surface area contributed by atoms with Crippen molar-refractivity contribution in [3.8, 4) is 11.8 Å². The van der Waals surface area contributed by atoms with Gasteiger partial charge in [-0.05, 0) is 38.5 Å². The van der Waals surface area contributed by atoms with E-state index >= 15 is 0 Å². The highest BCUT2D eigenvalue weighted by Gasteiger charge is 2.29. The van der Waals surface area contributed by atoms with Crippen LogP contribution in [0.15, 0.2) is 12.4 Å². The molecule has 0 radical (unpaired) electrons. The maximum Gasteiger partial charge on any atom is 0.278 e. The number of carbonyl (C=O) groups excluding carboxylic acids is 2. The fourth-order valence-corrected chi connectivity index (χ4v) is 3.54. The lowest BCUT2D eigenvalue weighted by atomic mass is 9.86. The summed E-state index contributed by atoms with van der Waals surface area (Å²) in [6.45, 7) is 0. The van der Waals surface area contributed by atoms with E-state index in [-0.39, 0.29) is 29.8 Å². The first-order valence-electron chi connectivity index (χ1n) is 8.99. The number of hydrogen-bond donors (Lipinski definition) is 1. The maximum absolute atomic E-state index is 12.3. The summed E-state index contributed by atoms with van der Waals surface area (Å²) in [7, 11) is 1.54. The minimum atomic E-state index is -0.00414. The van der Waals surface area contributed by atoms with Gasteiger partial charge in [-0.25, -0.2) is 9.97 Å². The molecule has 7 heteroatoms. The molecule has 25 heavy (non-hydrogen) atoms. The number of nitrogens with one attached hydrogen (secondary N) is 1. The van der Waals surface area contributed by atoms with E-state index in [1.54, 1.807) is 19.5 Å². The fraction of sp³-hybridized carbons (Fsp3) is 0.667. The molecular formula is C18H25N3O4. The van der Waals surface area contributed by atoms with Gasteiger partial charge in [0.05, 0.1) is 7.11 Å². The van der Waals surface area contributed by atoms with Crippen LogP contribution in [0.3, 0.4) is 0 Å². The highest BCUT2D eigenvalue weighted by molar-refractivity contribution is 5.84. The van der Waals surface area contributed by atoms with Gasteiger partial charge in [-0.2, -0.15) is 0 Å². The van der Waals surface area contributed by atoms with E-state index in [0.29, 0.717) is 37.4 Å². The van der Waals surface area contributed by atoms with Crippen molar-refractivity contribution in [2.45, 2.75) is 63.5 Å². The van der Waals surface area contributed by atoms with Crippen molar-refractivity contribution >= 4 is 11.7 Å². The molecule has 0 saturated heterocycles. The number of methoxy groups -OCH3 is 1. The number of hydrogen-bond acceptors (Lipinski definition) is 6. The third kappa shape index (κ3) is 4.67. The summed E-state index contributed by atoms with van der Waals surface area (Å²) < 4.78 is 11.1. The number of carbonyl (C=O) groups is 2. The predicted molar refractivity (Wildman–Crippen MR) is 90.4 cm³/mol. The van der Waals surface area contributed by atoms with Gasteiger partial charge in [0.1, 0.15) is 11.9 Å². The smallest absolute Gasteiger partial charge is 0.278 e. The van der Waals surface area contributed by atoms with Crippen LogP contribution in [-0.2, 0) is 9.59 Å². The minimum Gasteiger partial charge on any atom is -0.477 e. The highest BCUT2D eigenvalue weighted by atomic mass is 16.5. The summed E-state index contributed by atoms with van der Waals surface area (Å²) in [6.07, 6.45) is 9.14. The van der Waals surface area contributed by atoms with Crippen molar-refractivity contribution in [3.05, 3.63) is 12.4 Å². The van der Waals surface area contributed by atoms with Gasteiger partial charge in [0.15, 0.2) is 0 Å². The van der Waals surface area contributed by atoms with Crippen molar-refractivity contribution in [1.82, 2.24) is 15.3 Å². The van der Waals surface area contributed by atoms with Gasteiger partial charge < -0.3 is 14.8 Å². The van der Waals surface area contributed by atoms with Crippen LogP contribution in [0.2, 0.25) is 0 Å². The molecule has 0 atom stereocenters. The third-order valence-corrected chi connectivity index (χ3v) is 5.04. The molecule has 136 valence electrons. The second-order valence-corrected chi connectivity index (χ2v) is 6.78. The second kappa shape index (κ2) is 8.27. The first-order chi connectivity index (χ1) is 12.2. The number of aromatic nitrogens is 2. The Morgan fingerprint density at radius 3 is 2.32 bits per heavy atom. The number of rotatable bonds is 5. The summed E-state index contributed by atoms with van der Waals surface area (Å²) in [5.74, 6) is 1.19. The average molecular weight is 347 g/mol. The summed E-state index contributed by atoms with van der Waals surface area (Å²) >= 11 is 0. The number of amides is 1. The normalized spacial score (nSPS) is 24.6. The molecule has 2 aliphatic carbocycles. The van der Waals surface area contributed by atoms with Gasteiger partial charge in [-0.1, -0.05) is 0 Å². The molecule has 3 rings (SSSR count). The van der Waals surface area contributed by atoms with Crippen molar-refractivity contribution in [2.24, 2.45) is 5.92 Å². The Morgan fingerprint density at radius 1 is 1.04 bits per heavy atom. The molecule has 0 spiro atoms. The van der Waals surface area contributed by atoms with E-state index in [4.69, 9.17) is 9.47 Å². The highest BCUT2D eigenvalue weighted by Crippen LogP contribution is 2.28. The molecular weight excluding hydrogens is 322 g/mol. The molecule has 1 amide bonds. The van der Waals surface area contributed by atoms with Crippen molar-refractivity contribution in [2.75, 3.05) is 7.11 Å². The van der Waals surface area contributed by atoms with Crippen LogP contribution < -0.4 is 14.8 Å². The lowest BCUT2D eigenvalue weighted by Gasteiger charge is -2.31. The molecule has 1 N–H and O–H groups in total. The lowest BCUT2D eigenvalue weighted by Crippen LogP contribution is -2.43. The van der Waals surface area contributed by atoms with E-state index in [2.05, 4.69) is 15.3 Å². The molecule has 0 unspecified atom stereocenters. The lowest BCUT2D eigenvalue weighted by molar-refractivity contribution is -0.129. The summed E-state index contributed by atoms with van der Waals surface area (Å²) in [5.41, 5.74) is 0. The van der Waals surface area contributed by atoms with E-state index in [9.17, 15) is 9.59 Å². The van der Waals surface area contributed by atoms with Gasteiger partial charge in [0.2, 0.25) is 5.91 Å². The van der Waals surface area contributed by atoms with Crippen molar-refractivity contribution in [1.29, 1.82) is 0 Å². The van der Waals surface area contributed by atoms with Gasteiger partial charge in [0.25, 0.3) is 11.8 Å². The molecule has 0 aliphatic heterocycles. The molecule has 1 aromatic rings. The van der Waals surface area contributed by atoms with Gasteiger partial charge >= 0.3 is 0 Å². The Bertz CT molecular complexity index is 604. The van der Waals surface area contributed by atoms with E-state index in [1.165, 1.54) is 0 Å². The zero-order valence-electron chi connectivity index (χ0n) is 14.6. The van der Waals surface area contributed by atoms with Crippen LogP contribution in [0.5, 0.6) is 11.8 Å². The van der Waals surface area contributed by atoms with Crippen LogP contribution in [0, 0.1) is 5.92 Å². The minimum absolute atomic E-state index is 0.00414. The van der Waals surface area contributed by atoms with Gasteiger partial charge in [-0.15, -0.1) is 0 Å². The second-order valence-electron chi connectivity index (χ2n) is 6.78. The van der Waals surface area contributed by atoms with E-state index in [1.807, 2.05) is 0 Å². The number of ketones is 1. The first kappa shape index (κ1) is 17.6. The Balaban J connectivity index is 1.44. The fourth-order valence-electron chi connectivity index (χ4n) is 3.54. The van der Waals surface area contributed by atoms with Crippen LogP contribution >= 0.6 is 0 Å². The van der Waals surface area contributed by atoms with Crippen LogP contribution in [0.1, 0.15) is 51.4 Å². The third-order valence-electron chi connectivity index (χ3n) is 5.04. The Labute approximate surface area is 147 Å². The molecule has 7 nitrogen and oxygen atoms in total. The van der Waals surface area contributed by atoms with Crippen LogP contribution in [0.4, 0.5) is 0 Å². The van der Waals surface area contributed by atoms with Crippen molar-refractivity contribution < 1.29 is 19.1 Å². The largest absolute Gasteiger partial charge is 0.477 e. The monoisotopic (exact) mass is 347 g/mol. The van der Waals surface area contributed by atoms with E-state index in [0.717, 1.165) is 25.7 Å². The predicted octanol–water partition coefficient (Wildman–Crippen LogP) is 2.05. The Morgan fingerprint density at radius 2 is 1.68 bits per heavy atom. The van der Waals surface area contributed by atoms with Gasteiger partial charge in [0, 0.05) is 37.2 Å². The quantitative estimate of drug-likeness (QED) is 0.877. The van der Waals surface area contributed by atoms with Crippen LogP contribution in [0.25, 0.3) is 0 Å². The standard InChI is InChI=1S/C18H25N3O4/c1-24-17-18(20-11-10-19-17)25-15-8-4-13(5-9-15)21-16(23)12-2-6-14(22)7-3-12/h10-13,15H,2-9H2,1H3,(H,21,23). The zero-order valence-corrected chi connectivity index (χ0v) is 14.6. The molecule has 2 saturated carbocycles. The summed E-state index contributed by atoms with van der Waals surface area (Å²) in [4.78, 5) is 31.9. The molecule has 1 aromatic heterocycles. The number of nitrogens with zero attached hydrogens (tertiary/aromatic N) is 2. The average Bonchev–Trinajstić information content (AvgIpc) is 2.64. The number of Topliss-reactive ketones (excluding diaryl/α,β-unsaturated/α-hetero) is 1. The molecule has 0 bridgehead atoms. The summed E-state index contributed by atoms with van der Waals surface area (Å²) in [5, 5.41) is 3.15. The topological polar surface area (TPSA) is 90.4 Å². The first-order valence-corrected chi connectivity index (χ1v) is 8.99. The van der Waals surface area contributed by atoms with Crippen molar-refractivity contribution in [3.63, 3.8) is 0 Å². The summed E-state index contributed by atoms with van der Waals surface area (Å²) in [6, 6.07) is 0.189.